The molecule has 2 heterocycles. The van der Waals surface area contributed by atoms with Crippen LogP contribution in [0, 0.1) is 0 Å². The lowest BCUT2D eigenvalue weighted by atomic mass is 10.1. The molecule has 1 unspecified atom stereocenters. The highest BCUT2D eigenvalue weighted by Crippen LogP contribution is 2.19. The number of unbranched alkanes of at least 4 members (excludes halogenated alkanes) is 5. The zero-order chi connectivity index (χ0) is 23.1. The van der Waals surface area contributed by atoms with E-state index in [2.05, 4.69) is 4.90 Å². The van der Waals surface area contributed by atoms with Crippen LogP contribution in [-0.4, -0.2) is 90.8 Å². The number of thiocarbonyl (C=S) groups is 1. The fraction of sp³-hybridized carbons (Fsp3) is 0.652. The molecule has 1 atom stereocenters. The van der Waals surface area contributed by atoms with Gasteiger partial charge in [-0.25, -0.2) is 8.42 Å². The van der Waals surface area contributed by atoms with E-state index in [0.717, 1.165) is 45.4 Å². The third-order valence-electron chi connectivity index (χ3n) is 6.52. The normalized spacial score (nSPS) is 21.0. The lowest BCUT2D eigenvalue weighted by Gasteiger charge is -2.34. The topological polar surface area (TPSA) is 64.2 Å². The van der Waals surface area contributed by atoms with Crippen molar-refractivity contribution in [2.24, 2.45) is 0 Å². The van der Waals surface area contributed by atoms with E-state index in [0.29, 0.717) is 23.1 Å². The summed E-state index contributed by atoms with van der Waals surface area (Å²) in [6.07, 6.45) is 6.96. The molecular formula is C23H36N4O3S2. The monoisotopic (exact) mass is 480 g/mol. The summed E-state index contributed by atoms with van der Waals surface area (Å²) in [4.78, 5) is 18.3. The summed E-state index contributed by atoms with van der Waals surface area (Å²) in [6, 6.07) is 8.57. The van der Waals surface area contributed by atoms with Crippen LogP contribution >= 0.6 is 12.2 Å². The molecule has 3 rings (SSSR count). The molecule has 2 aliphatic rings. The van der Waals surface area contributed by atoms with Gasteiger partial charge < -0.3 is 9.80 Å². The van der Waals surface area contributed by atoms with Crippen LogP contribution in [0.5, 0.6) is 0 Å². The number of carbonyl (C=O) groups is 1. The van der Waals surface area contributed by atoms with Crippen molar-refractivity contribution in [1.29, 1.82) is 0 Å². The fourth-order valence-corrected chi connectivity index (χ4v) is 6.20. The number of benzene rings is 1. The number of hydrogen-bond acceptors (Lipinski definition) is 5. The van der Waals surface area contributed by atoms with E-state index in [1.165, 1.54) is 19.3 Å². The Morgan fingerprint density at radius 3 is 2.03 bits per heavy atom. The molecule has 2 aliphatic heterocycles. The maximum Gasteiger partial charge on any atom is 0.250 e. The van der Waals surface area contributed by atoms with Crippen molar-refractivity contribution in [3.63, 3.8) is 0 Å². The smallest absolute Gasteiger partial charge is 0.250 e. The van der Waals surface area contributed by atoms with E-state index in [9.17, 15) is 13.2 Å². The minimum Gasteiger partial charge on any atom is -0.337 e. The summed E-state index contributed by atoms with van der Waals surface area (Å²) in [5.41, 5.74) is 0. The van der Waals surface area contributed by atoms with E-state index >= 15 is 0 Å². The van der Waals surface area contributed by atoms with Crippen LogP contribution < -0.4 is 0 Å². The molecule has 1 aromatic rings. The number of hydrogen-bond donors (Lipinski definition) is 0. The molecule has 0 spiro atoms. The minimum absolute atomic E-state index is 0.0912. The Kier molecular flexibility index (Phi) is 9.04. The predicted octanol–water partition coefficient (Wildman–Crippen LogP) is 2.78. The first-order valence-corrected chi connectivity index (χ1v) is 13.5. The van der Waals surface area contributed by atoms with Gasteiger partial charge in [-0.05, 0) is 50.7 Å². The molecule has 0 bridgehead atoms. The summed E-state index contributed by atoms with van der Waals surface area (Å²) in [5, 5.41) is 0.652. The van der Waals surface area contributed by atoms with Gasteiger partial charge in [0.05, 0.1) is 4.90 Å². The SMILES string of the molecule is CC1C(=O)N(C)C(=S)N1CCCCCCCCN1CCN(S(=O)(=O)c2ccccc2)CC1. The van der Waals surface area contributed by atoms with Crippen molar-refractivity contribution in [1.82, 2.24) is 19.0 Å². The van der Waals surface area contributed by atoms with Crippen molar-refractivity contribution in [3.05, 3.63) is 30.3 Å². The predicted molar refractivity (Wildman–Crippen MR) is 131 cm³/mol. The van der Waals surface area contributed by atoms with E-state index in [-0.39, 0.29) is 11.9 Å². The van der Waals surface area contributed by atoms with E-state index in [1.54, 1.807) is 40.5 Å². The number of carbonyl (C=O) groups excluding carboxylic acids is 1. The maximum atomic E-state index is 12.7. The fourth-order valence-electron chi connectivity index (χ4n) is 4.42. The lowest BCUT2D eigenvalue weighted by Crippen LogP contribution is -2.48. The Balaban J connectivity index is 1.24. The van der Waals surface area contributed by atoms with E-state index < -0.39 is 10.0 Å². The van der Waals surface area contributed by atoms with Crippen molar-refractivity contribution >= 4 is 33.3 Å². The largest absolute Gasteiger partial charge is 0.337 e. The van der Waals surface area contributed by atoms with Gasteiger partial charge in [0.1, 0.15) is 6.04 Å². The second-order valence-corrected chi connectivity index (χ2v) is 11.0. The number of rotatable bonds is 11. The number of likely N-dealkylation sites (N-methyl/N-ethyl adjacent to an activating group) is 1. The number of amides is 1. The summed E-state index contributed by atoms with van der Waals surface area (Å²) >= 11 is 5.36. The van der Waals surface area contributed by atoms with Gasteiger partial charge in [-0.1, -0.05) is 43.9 Å². The molecule has 2 fully saturated rings. The molecule has 0 aliphatic carbocycles. The van der Waals surface area contributed by atoms with Gasteiger partial charge in [-0.3, -0.25) is 9.69 Å². The average molecular weight is 481 g/mol. The van der Waals surface area contributed by atoms with Crippen molar-refractivity contribution < 1.29 is 13.2 Å². The van der Waals surface area contributed by atoms with Crippen LogP contribution in [0.1, 0.15) is 45.4 Å². The van der Waals surface area contributed by atoms with E-state index in [4.69, 9.17) is 12.2 Å². The Morgan fingerprint density at radius 1 is 0.906 bits per heavy atom. The summed E-state index contributed by atoms with van der Waals surface area (Å²) in [6.45, 7) is 6.53. The highest BCUT2D eigenvalue weighted by molar-refractivity contribution is 7.89. The van der Waals surface area contributed by atoms with Gasteiger partial charge in [-0.15, -0.1) is 0 Å². The van der Waals surface area contributed by atoms with Gasteiger partial charge in [0, 0.05) is 39.8 Å². The Hall–Kier alpha value is -1.55. The van der Waals surface area contributed by atoms with Crippen LogP contribution in [0.25, 0.3) is 0 Å². The zero-order valence-corrected chi connectivity index (χ0v) is 20.9. The van der Waals surface area contributed by atoms with Crippen LogP contribution in [0.4, 0.5) is 0 Å². The van der Waals surface area contributed by atoms with Crippen molar-refractivity contribution in [2.45, 2.75) is 56.4 Å². The van der Waals surface area contributed by atoms with Crippen molar-refractivity contribution in [3.8, 4) is 0 Å². The highest BCUT2D eigenvalue weighted by atomic mass is 32.2. The molecule has 178 valence electrons. The van der Waals surface area contributed by atoms with Gasteiger partial charge in [0.25, 0.3) is 5.91 Å². The zero-order valence-electron chi connectivity index (χ0n) is 19.3. The van der Waals surface area contributed by atoms with Crippen LogP contribution in [0.3, 0.4) is 0 Å². The average Bonchev–Trinajstić information content (AvgIpc) is 2.99. The third kappa shape index (κ3) is 6.07. The number of sulfonamides is 1. The summed E-state index contributed by atoms with van der Waals surface area (Å²) in [5.74, 6) is 0.0912. The molecular weight excluding hydrogens is 444 g/mol. The van der Waals surface area contributed by atoms with Gasteiger partial charge in [0.15, 0.2) is 5.11 Å². The number of piperazine rings is 1. The molecule has 0 N–H and O–H groups in total. The van der Waals surface area contributed by atoms with E-state index in [1.807, 2.05) is 17.9 Å². The van der Waals surface area contributed by atoms with Crippen LogP contribution in [0.2, 0.25) is 0 Å². The molecule has 7 nitrogen and oxygen atoms in total. The molecule has 9 heteroatoms. The second-order valence-electron chi connectivity index (χ2n) is 8.73. The first kappa shape index (κ1) is 25.1. The summed E-state index contributed by atoms with van der Waals surface area (Å²) in [7, 11) is -1.62. The Bertz CT molecular complexity index is 870. The highest BCUT2D eigenvalue weighted by Gasteiger charge is 2.36. The third-order valence-corrected chi connectivity index (χ3v) is 8.94. The molecule has 0 saturated carbocycles. The molecule has 32 heavy (non-hydrogen) atoms. The Labute approximate surface area is 198 Å². The first-order chi connectivity index (χ1) is 15.3. The van der Waals surface area contributed by atoms with Gasteiger partial charge in [0.2, 0.25) is 10.0 Å². The van der Waals surface area contributed by atoms with Gasteiger partial charge in [-0.2, -0.15) is 4.31 Å². The minimum atomic E-state index is -3.37. The molecule has 1 amide bonds. The standard InChI is InChI=1S/C23H36N4O3S2/c1-20-22(28)24(2)23(31)27(20)15-11-6-4-3-5-10-14-25-16-18-26(19-17-25)32(29,30)21-12-8-7-9-13-21/h7-9,12-13,20H,3-6,10-11,14-19H2,1-2H3. The molecule has 0 radical (unpaired) electrons. The van der Waals surface area contributed by atoms with Crippen LogP contribution in [-0.2, 0) is 14.8 Å². The molecule has 2 saturated heterocycles. The molecule has 1 aromatic carbocycles. The number of nitrogens with zero attached hydrogens (tertiary/aromatic N) is 4. The lowest BCUT2D eigenvalue weighted by molar-refractivity contribution is -0.126. The second kappa shape index (κ2) is 11.5. The molecule has 0 aromatic heterocycles. The Morgan fingerprint density at radius 2 is 1.47 bits per heavy atom. The summed E-state index contributed by atoms with van der Waals surface area (Å²) < 4.78 is 27.0. The maximum absolute atomic E-state index is 12.7. The van der Waals surface area contributed by atoms with Gasteiger partial charge >= 0.3 is 0 Å². The quantitative estimate of drug-likeness (QED) is 0.359. The van der Waals surface area contributed by atoms with Crippen LogP contribution in [0.15, 0.2) is 35.2 Å². The van der Waals surface area contributed by atoms with Crippen molar-refractivity contribution in [2.75, 3.05) is 46.3 Å². The first-order valence-electron chi connectivity index (χ1n) is 11.7.